The fourth-order valence-corrected chi connectivity index (χ4v) is 4.14. The molecule has 3 rings (SSSR count). The van der Waals surface area contributed by atoms with E-state index in [1.807, 2.05) is 35.2 Å². The first-order valence-corrected chi connectivity index (χ1v) is 9.23. The highest BCUT2D eigenvalue weighted by Crippen LogP contribution is 2.22. The van der Waals surface area contributed by atoms with Gasteiger partial charge >= 0.3 is 0 Å². The molecule has 1 amide bonds. The third kappa shape index (κ3) is 3.94. The Bertz CT molecular complexity index is 560. The van der Waals surface area contributed by atoms with Gasteiger partial charge < -0.3 is 10.6 Å². The molecule has 124 valence electrons. The first kappa shape index (κ1) is 16.5. The van der Waals surface area contributed by atoms with Crippen molar-refractivity contribution in [1.29, 1.82) is 0 Å². The van der Waals surface area contributed by atoms with Crippen molar-refractivity contribution in [3.63, 3.8) is 0 Å². The van der Waals surface area contributed by atoms with E-state index >= 15 is 0 Å². The van der Waals surface area contributed by atoms with Crippen LogP contribution < -0.4 is 5.73 Å². The molecule has 1 aromatic carbocycles. The lowest BCUT2D eigenvalue weighted by molar-refractivity contribution is -0.136. The van der Waals surface area contributed by atoms with Gasteiger partial charge in [0.15, 0.2) is 5.78 Å². The van der Waals surface area contributed by atoms with Crippen molar-refractivity contribution < 1.29 is 9.59 Å². The Morgan fingerprint density at radius 2 is 2.00 bits per heavy atom. The van der Waals surface area contributed by atoms with Crippen molar-refractivity contribution in [1.82, 2.24) is 9.80 Å². The quantitative estimate of drug-likeness (QED) is 0.835. The molecular weight excluding hydrogens is 310 g/mol. The zero-order valence-electron chi connectivity index (χ0n) is 13.2. The van der Waals surface area contributed by atoms with Crippen LogP contribution in [0.25, 0.3) is 0 Å². The van der Waals surface area contributed by atoms with Gasteiger partial charge in [-0.05, 0) is 6.42 Å². The van der Waals surface area contributed by atoms with Crippen molar-refractivity contribution in [3.8, 4) is 0 Å². The molecule has 0 aromatic heterocycles. The van der Waals surface area contributed by atoms with Gasteiger partial charge in [0.1, 0.15) is 0 Å². The second-order valence-corrected chi connectivity index (χ2v) is 7.30. The molecular formula is C17H23N3O2S. The maximum atomic E-state index is 12.6. The number of Topliss-reactive ketones (excluding diaryl/α,β-unsaturated/α-hetero) is 1. The largest absolute Gasteiger partial charge is 0.332 e. The number of nitrogens with zero attached hydrogens (tertiary/aromatic N) is 2. The Balaban J connectivity index is 1.61. The molecule has 0 spiro atoms. The standard InChI is InChI=1S/C17H23N3O2S/c18-15-6-7-19(11-16(21)13-4-2-1-3-5-13)10-14(15)17(22)20-8-9-23-12-20/h1-5,14-15H,6-12,18H2/t14-,15+/m0/s1. The van der Waals surface area contributed by atoms with E-state index in [9.17, 15) is 9.59 Å². The summed E-state index contributed by atoms with van der Waals surface area (Å²) in [6.45, 7) is 2.53. The van der Waals surface area contributed by atoms with Crippen LogP contribution in [0.2, 0.25) is 0 Å². The molecule has 6 heteroatoms. The van der Waals surface area contributed by atoms with Gasteiger partial charge in [-0.1, -0.05) is 30.3 Å². The molecule has 0 aliphatic carbocycles. The van der Waals surface area contributed by atoms with E-state index in [4.69, 9.17) is 5.73 Å². The number of hydrogen-bond donors (Lipinski definition) is 1. The summed E-state index contributed by atoms with van der Waals surface area (Å²) in [6.07, 6.45) is 0.763. The molecule has 0 unspecified atom stereocenters. The number of amides is 1. The van der Waals surface area contributed by atoms with E-state index in [0.29, 0.717) is 13.1 Å². The number of rotatable bonds is 4. The van der Waals surface area contributed by atoms with Crippen molar-refractivity contribution in [3.05, 3.63) is 35.9 Å². The van der Waals surface area contributed by atoms with Crippen LogP contribution in [0.1, 0.15) is 16.8 Å². The van der Waals surface area contributed by atoms with Crippen LogP contribution in [0.5, 0.6) is 0 Å². The summed E-state index contributed by atoms with van der Waals surface area (Å²) in [6, 6.07) is 9.22. The lowest BCUT2D eigenvalue weighted by atomic mass is 9.91. The lowest BCUT2D eigenvalue weighted by Crippen LogP contribution is -2.54. The number of carbonyl (C=O) groups is 2. The average molecular weight is 333 g/mol. The van der Waals surface area contributed by atoms with Gasteiger partial charge in [0.05, 0.1) is 18.3 Å². The first-order chi connectivity index (χ1) is 11.1. The summed E-state index contributed by atoms with van der Waals surface area (Å²) in [4.78, 5) is 29.0. The normalized spacial score (nSPS) is 25.5. The van der Waals surface area contributed by atoms with Crippen molar-refractivity contribution in [2.24, 2.45) is 11.7 Å². The number of piperidine rings is 1. The molecule has 23 heavy (non-hydrogen) atoms. The maximum Gasteiger partial charge on any atom is 0.229 e. The van der Waals surface area contributed by atoms with Gasteiger partial charge in [-0.15, -0.1) is 11.8 Å². The molecule has 2 N–H and O–H groups in total. The van der Waals surface area contributed by atoms with Gasteiger partial charge in [0.2, 0.25) is 5.91 Å². The molecule has 1 aromatic rings. The predicted molar refractivity (Wildman–Crippen MR) is 92.3 cm³/mol. The van der Waals surface area contributed by atoms with E-state index in [1.165, 1.54) is 0 Å². The van der Waals surface area contributed by atoms with Crippen LogP contribution in [0.3, 0.4) is 0 Å². The van der Waals surface area contributed by atoms with Crippen LogP contribution >= 0.6 is 11.8 Å². The molecule has 2 heterocycles. The summed E-state index contributed by atoms with van der Waals surface area (Å²) >= 11 is 1.78. The van der Waals surface area contributed by atoms with E-state index in [1.54, 1.807) is 11.8 Å². The fourth-order valence-electron chi connectivity index (χ4n) is 3.18. The highest BCUT2D eigenvalue weighted by molar-refractivity contribution is 7.99. The Morgan fingerprint density at radius 3 is 2.70 bits per heavy atom. The molecule has 5 nitrogen and oxygen atoms in total. The summed E-state index contributed by atoms with van der Waals surface area (Å²) in [5.74, 6) is 1.84. The molecule has 0 saturated carbocycles. The molecule has 2 atom stereocenters. The number of thioether (sulfide) groups is 1. The van der Waals surface area contributed by atoms with E-state index in [2.05, 4.69) is 4.90 Å². The molecule has 2 fully saturated rings. The second kappa shape index (κ2) is 7.47. The van der Waals surface area contributed by atoms with Crippen molar-refractivity contribution in [2.75, 3.05) is 37.8 Å². The summed E-state index contributed by atoms with van der Waals surface area (Å²) in [7, 11) is 0. The third-order valence-electron chi connectivity index (χ3n) is 4.59. The van der Waals surface area contributed by atoms with Crippen LogP contribution in [0.15, 0.2) is 30.3 Å². The van der Waals surface area contributed by atoms with E-state index in [0.717, 1.165) is 36.7 Å². The topological polar surface area (TPSA) is 66.6 Å². The van der Waals surface area contributed by atoms with Crippen LogP contribution in [0.4, 0.5) is 0 Å². The number of likely N-dealkylation sites (tertiary alicyclic amines) is 1. The lowest BCUT2D eigenvalue weighted by Gasteiger charge is -2.37. The van der Waals surface area contributed by atoms with Gasteiger partial charge in [-0.25, -0.2) is 0 Å². The minimum Gasteiger partial charge on any atom is -0.332 e. The Labute approximate surface area is 141 Å². The minimum atomic E-state index is -0.189. The highest BCUT2D eigenvalue weighted by Gasteiger charge is 2.36. The summed E-state index contributed by atoms with van der Waals surface area (Å²) in [5, 5.41) is 0. The number of ketones is 1. The monoisotopic (exact) mass is 333 g/mol. The van der Waals surface area contributed by atoms with Crippen LogP contribution in [-0.4, -0.2) is 65.3 Å². The number of nitrogens with two attached hydrogens (primary N) is 1. The zero-order valence-corrected chi connectivity index (χ0v) is 14.0. The Kier molecular flexibility index (Phi) is 5.35. The Morgan fingerprint density at radius 1 is 1.22 bits per heavy atom. The van der Waals surface area contributed by atoms with Gasteiger partial charge in [-0.3, -0.25) is 14.5 Å². The fraction of sp³-hybridized carbons (Fsp3) is 0.529. The highest BCUT2D eigenvalue weighted by atomic mass is 32.2. The van der Waals surface area contributed by atoms with Gasteiger partial charge in [0, 0.05) is 37.0 Å². The summed E-state index contributed by atoms with van der Waals surface area (Å²) < 4.78 is 0. The van der Waals surface area contributed by atoms with Crippen molar-refractivity contribution in [2.45, 2.75) is 12.5 Å². The maximum absolute atomic E-state index is 12.6. The summed E-state index contributed by atoms with van der Waals surface area (Å²) in [5.41, 5.74) is 6.91. The van der Waals surface area contributed by atoms with Crippen molar-refractivity contribution >= 4 is 23.5 Å². The smallest absolute Gasteiger partial charge is 0.229 e. The average Bonchev–Trinajstić information content (AvgIpc) is 3.11. The van der Waals surface area contributed by atoms with Crippen LogP contribution in [0, 0.1) is 5.92 Å². The molecule has 2 aliphatic heterocycles. The van der Waals surface area contributed by atoms with Crippen LogP contribution in [-0.2, 0) is 4.79 Å². The third-order valence-corrected chi connectivity index (χ3v) is 5.56. The first-order valence-electron chi connectivity index (χ1n) is 8.08. The second-order valence-electron chi connectivity index (χ2n) is 6.22. The van der Waals surface area contributed by atoms with E-state index in [-0.39, 0.29) is 23.7 Å². The van der Waals surface area contributed by atoms with E-state index < -0.39 is 0 Å². The molecule has 0 radical (unpaired) electrons. The molecule has 0 bridgehead atoms. The predicted octanol–water partition coefficient (Wildman–Crippen LogP) is 1.05. The van der Waals surface area contributed by atoms with Gasteiger partial charge in [0.25, 0.3) is 0 Å². The number of hydrogen-bond acceptors (Lipinski definition) is 5. The Hall–Kier alpha value is -1.37. The number of carbonyl (C=O) groups excluding carboxylic acids is 2. The number of benzene rings is 1. The molecule has 2 aliphatic rings. The zero-order chi connectivity index (χ0) is 16.2. The molecule has 2 saturated heterocycles. The SMILES string of the molecule is N[C@@H]1CCN(CC(=O)c2ccccc2)C[C@@H]1C(=O)N1CCSC1. The minimum absolute atomic E-state index is 0.101. The van der Waals surface area contributed by atoms with Gasteiger partial charge in [-0.2, -0.15) is 0 Å².